The number of nitrogens with zero attached hydrogens (tertiary/aromatic N) is 1. The molecule has 0 saturated heterocycles. The van der Waals surface area contributed by atoms with Crippen molar-refractivity contribution in [3.63, 3.8) is 0 Å². The Hall–Kier alpha value is -1.96. The Labute approximate surface area is 127 Å². The highest BCUT2D eigenvalue weighted by Gasteiger charge is 2.33. The van der Waals surface area contributed by atoms with Crippen LogP contribution in [0.4, 0.5) is 30.2 Å². The first-order chi connectivity index (χ1) is 9.81. The van der Waals surface area contributed by atoms with Gasteiger partial charge in [-0.3, -0.25) is 0 Å². The number of aromatic nitrogens is 1. The quantitative estimate of drug-likeness (QED) is 0.859. The minimum Gasteiger partial charge on any atom is -0.495 e. The lowest BCUT2D eigenvalue weighted by atomic mass is 10.2. The molecule has 4 nitrogen and oxygen atoms in total. The topological polar surface area (TPSA) is 60.2 Å². The summed E-state index contributed by atoms with van der Waals surface area (Å²) in [5.41, 5.74) is 5.34. The molecule has 0 aliphatic carbocycles. The maximum atomic E-state index is 12.7. The highest BCUT2D eigenvalue weighted by molar-refractivity contribution is 9.10. The van der Waals surface area contributed by atoms with Gasteiger partial charge in [-0.15, -0.1) is 0 Å². The van der Waals surface area contributed by atoms with E-state index in [1.165, 1.54) is 7.11 Å². The number of anilines is 3. The molecule has 0 aliphatic rings. The summed E-state index contributed by atoms with van der Waals surface area (Å²) in [6, 6.07) is 5.96. The van der Waals surface area contributed by atoms with Gasteiger partial charge in [0.15, 0.2) is 0 Å². The lowest BCUT2D eigenvalue weighted by Crippen LogP contribution is -2.09. The first-order valence-electron chi connectivity index (χ1n) is 5.74. The predicted molar refractivity (Wildman–Crippen MR) is 77.6 cm³/mol. The van der Waals surface area contributed by atoms with Crippen LogP contribution in [0.1, 0.15) is 5.69 Å². The molecule has 3 N–H and O–H groups in total. The molecule has 0 bridgehead atoms. The molecule has 8 heteroatoms. The number of halogens is 4. The number of methoxy groups -OCH3 is 1. The molecule has 0 amide bonds. The van der Waals surface area contributed by atoms with Crippen molar-refractivity contribution in [3.8, 4) is 5.75 Å². The third kappa shape index (κ3) is 3.57. The van der Waals surface area contributed by atoms with E-state index in [4.69, 9.17) is 10.5 Å². The largest absolute Gasteiger partial charge is 0.495 e. The fourth-order valence-electron chi connectivity index (χ4n) is 1.65. The van der Waals surface area contributed by atoms with Crippen LogP contribution in [0.3, 0.4) is 0 Å². The molecule has 1 aromatic heterocycles. The standard InChI is InChI=1S/C13H11BrF3N3O/c1-21-11-3-2-7(14)4-10(11)20-9-5-12(13(15,16)17)19-6-8(9)18/h2-6H,18H2,1H3,(H,19,20). The smallest absolute Gasteiger partial charge is 0.433 e. The van der Waals surface area contributed by atoms with Gasteiger partial charge >= 0.3 is 6.18 Å². The monoisotopic (exact) mass is 361 g/mol. The van der Waals surface area contributed by atoms with Gasteiger partial charge in [0.2, 0.25) is 0 Å². The molecule has 0 atom stereocenters. The first-order valence-corrected chi connectivity index (χ1v) is 6.54. The van der Waals surface area contributed by atoms with Gasteiger partial charge in [-0.1, -0.05) is 15.9 Å². The third-order valence-electron chi connectivity index (χ3n) is 2.66. The van der Waals surface area contributed by atoms with E-state index in [1.807, 2.05) is 0 Å². The third-order valence-corrected chi connectivity index (χ3v) is 3.15. The van der Waals surface area contributed by atoms with Gasteiger partial charge in [0.1, 0.15) is 11.4 Å². The van der Waals surface area contributed by atoms with Crippen LogP contribution in [0.5, 0.6) is 5.75 Å². The lowest BCUT2D eigenvalue weighted by molar-refractivity contribution is -0.141. The van der Waals surface area contributed by atoms with Crippen molar-refractivity contribution in [2.24, 2.45) is 0 Å². The molecule has 112 valence electrons. The van der Waals surface area contributed by atoms with Crippen LogP contribution < -0.4 is 15.8 Å². The van der Waals surface area contributed by atoms with Crippen LogP contribution in [0.2, 0.25) is 0 Å². The van der Waals surface area contributed by atoms with Gasteiger partial charge in [0.05, 0.1) is 30.4 Å². The van der Waals surface area contributed by atoms with Crippen LogP contribution in [-0.4, -0.2) is 12.1 Å². The highest BCUT2D eigenvalue weighted by atomic mass is 79.9. The molecule has 0 fully saturated rings. The molecule has 2 aromatic rings. The molecule has 0 saturated carbocycles. The predicted octanol–water partition coefficient (Wildman–Crippen LogP) is 4.20. The van der Waals surface area contributed by atoms with Gasteiger partial charge < -0.3 is 15.8 Å². The van der Waals surface area contributed by atoms with Gasteiger partial charge in [-0.2, -0.15) is 13.2 Å². The van der Waals surface area contributed by atoms with Crippen LogP contribution in [0.15, 0.2) is 34.9 Å². The Morgan fingerprint density at radius 3 is 2.57 bits per heavy atom. The first kappa shape index (κ1) is 15.4. The zero-order valence-electron chi connectivity index (χ0n) is 10.8. The highest BCUT2D eigenvalue weighted by Crippen LogP contribution is 2.35. The zero-order chi connectivity index (χ0) is 15.6. The molecule has 21 heavy (non-hydrogen) atoms. The van der Waals surface area contributed by atoms with E-state index in [0.29, 0.717) is 11.4 Å². The van der Waals surface area contributed by atoms with Crippen molar-refractivity contribution in [1.82, 2.24) is 4.98 Å². The van der Waals surface area contributed by atoms with E-state index in [0.717, 1.165) is 16.7 Å². The number of nitrogens with two attached hydrogens (primary N) is 1. The number of pyridine rings is 1. The minimum absolute atomic E-state index is 0.102. The molecule has 0 spiro atoms. The Bertz CT molecular complexity index is 662. The molecule has 0 radical (unpaired) electrons. The summed E-state index contributed by atoms with van der Waals surface area (Å²) >= 11 is 3.28. The van der Waals surface area contributed by atoms with E-state index in [1.54, 1.807) is 18.2 Å². The molecule has 1 heterocycles. The number of hydrogen-bond acceptors (Lipinski definition) is 4. The van der Waals surface area contributed by atoms with Crippen molar-refractivity contribution in [3.05, 3.63) is 40.6 Å². The number of alkyl halides is 3. The second kappa shape index (κ2) is 5.80. The zero-order valence-corrected chi connectivity index (χ0v) is 12.4. The van der Waals surface area contributed by atoms with Gasteiger partial charge in [-0.25, -0.2) is 4.98 Å². The van der Waals surface area contributed by atoms with Crippen LogP contribution in [0, 0.1) is 0 Å². The fourth-order valence-corrected chi connectivity index (χ4v) is 2.01. The fraction of sp³-hybridized carbons (Fsp3) is 0.154. The van der Waals surface area contributed by atoms with E-state index < -0.39 is 11.9 Å². The van der Waals surface area contributed by atoms with Crippen molar-refractivity contribution in [2.45, 2.75) is 6.18 Å². The molecule has 2 rings (SSSR count). The Morgan fingerprint density at radius 1 is 1.24 bits per heavy atom. The van der Waals surface area contributed by atoms with Crippen LogP contribution in [0.25, 0.3) is 0 Å². The van der Waals surface area contributed by atoms with Crippen LogP contribution in [-0.2, 0) is 6.18 Å². The minimum atomic E-state index is -4.54. The number of nitrogens with one attached hydrogen (secondary N) is 1. The number of hydrogen-bond donors (Lipinski definition) is 2. The van der Waals surface area contributed by atoms with Gasteiger partial charge in [0.25, 0.3) is 0 Å². The van der Waals surface area contributed by atoms with Crippen LogP contribution >= 0.6 is 15.9 Å². The molecule has 0 aliphatic heterocycles. The van der Waals surface area contributed by atoms with Gasteiger partial charge in [-0.05, 0) is 24.3 Å². The number of benzene rings is 1. The average molecular weight is 362 g/mol. The van der Waals surface area contributed by atoms with Crippen molar-refractivity contribution in [1.29, 1.82) is 0 Å². The lowest BCUT2D eigenvalue weighted by Gasteiger charge is -2.14. The summed E-state index contributed by atoms with van der Waals surface area (Å²) in [5.74, 6) is 0.475. The summed E-state index contributed by atoms with van der Waals surface area (Å²) in [6.07, 6.45) is -3.57. The second-order valence-corrected chi connectivity index (χ2v) is 5.04. The summed E-state index contributed by atoms with van der Waals surface area (Å²) in [5, 5.41) is 2.83. The number of nitrogen functional groups attached to an aromatic ring is 1. The maximum Gasteiger partial charge on any atom is 0.433 e. The summed E-state index contributed by atoms with van der Waals surface area (Å²) in [4.78, 5) is 3.28. The normalized spacial score (nSPS) is 11.3. The Balaban J connectivity index is 2.42. The van der Waals surface area contributed by atoms with E-state index in [2.05, 4.69) is 26.2 Å². The van der Waals surface area contributed by atoms with Crippen molar-refractivity contribution in [2.75, 3.05) is 18.2 Å². The van der Waals surface area contributed by atoms with E-state index in [-0.39, 0.29) is 11.4 Å². The SMILES string of the molecule is COc1ccc(Br)cc1Nc1cc(C(F)(F)F)ncc1N. The average Bonchev–Trinajstić information content (AvgIpc) is 2.40. The molecular weight excluding hydrogens is 351 g/mol. The summed E-state index contributed by atoms with van der Waals surface area (Å²) < 4.78 is 43.9. The molecule has 1 aromatic carbocycles. The molecule has 0 unspecified atom stereocenters. The van der Waals surface area contributed by atoms with Gasteiger partial charge in [0, 0.05) is 4.47 Å². The second-order valence-electron chi connectivity index (χ2n) is 4.12. The Morgan fingerprint density at radius 2 is 1.95 bits per heavy atom. The summed E-state index contributed by atoms with van der Waals surface area (Å²) in [6.45, 7) is 0. The summed E-state index contributed by atoms with van der Waals surface area (Å²) in [7, 11) is 1.46. The van der Waals surface area contributed by atoms with E-state index in [9.17, 15) is 13.2 Å². The number of rotatable bonds is 3. The maximum absolute atomic E-state index is 12.7. The molecular formula is C13H11BrF3N3O. The Kier molecular flexibility index (Phi) is 4.26. The van der Waals surface area contributed by atoms with Crippen molar-refractivity contribution < 1.29 is 17.9 Å². The number of ether oxygens (including phenoxy) is 1. The van der Waals surface area contributed by atoms with Crippen molar-refractivity contribution >= 4 is 33.0 Å². The van der Waals surface area contributed by atoms with E-state index >= 15 is 0 Å².